The largest absolute Gasteiger partial charge is 0.309 e. The van der Waals surface area contributed by atoms with Gasteiger partial charge in [-0.05, 0) is 85.9 Å². The van der Waals surface area contributed by atoms with Crippen molar-refractivity contribution in [2.24, 2.45) is 0 Å². The lowest BCUT2D eigenvalue weighted by Gasteiger charge is -2.19. The van der Waals surface area contributed by atoms with Crippen molar-refractivity contribution in [1.29, 1.82) is 0 Å². The van der Waals surface area contributed by atoms with E-state index in [0.717, 1.165) is 93.1 Å². The van der Waals surface area contributed by atoms with Gasteiger partial charge in [0.15, 0.2) is 5.69 Å². The Labute approximate surface area is 304 Å². The molecule has 4 nitrogen and oxygen atoms in total. The molecule has 0 aliphatic rings. The lowest BCUT2D eigenvalue weighted by atomic mass is 9.86. The van der Waals surface area contributed by atoms with Crippen molar-refractivity contribution in [1.82, 2.24) is 14.5 Å². The van der Waals surface area contributed by atoms with Crippen LogP contribution < -0.4 is 0 Å². The van der Waals surface area contributed by atoms with Gasteiger partial charge in [-0.15, -0.1) is 0 Å². The molecule has 0 fully saturated rings. The summed E-state index contributed by atoms with van der Waals surface area (Å²) in [5, 5.41) is 11.2. The number of hydrogen-bond donors (Lipinski definition) is 0. The van der Waals surface area contributed by atoms with Crippen LogP contribution in [0.25, 0.3) is 109 Å². The summed E-state index contributed by atoms with van der Waals surface area (Å²) >= 11 is 0. The molecule has 3 aromatic heterocycles. The first-order valence-electron chi connectivity index (χ1n) is 17.8. The number of benzene rings is 8. The molecular formula is C49H28N4. The minimum Gasteiger partial charge on any atom is -0.309 e. The molecule has 11 aromatic rings. The van der Waals surface area contributed by atoms with Gasteiger partial charge in [-0.1, -0.05) is 121 Å². The predicted octanol–water partition coefficient (Wildman–Crippen LogP) is 13.2. The van der Waals surface area contributed by atoms with E-state index >= 15 is 0 Å². The fourth-order valence-electron chi connectivity index (χ4n) is 8.53. The molecule has 0 atom stereocenters. The van der Waals surface area contributed by atoms with E-state index in [4.69, 9.17) is 16.5 Å². The minimum absolute atomic E-state index is 0.631. The van der Waals surface area contributed by atoms with Gasteiger partial charge in [0.2, 0.25) is 0 Å². The topological polar surface area (TPSA) is 35.1 Å². The van der Waals surface area contributed by atoms with E-state index in [2.05, 4.69) is 155 Å². The maximum atomic E-state index is 7.79. The van der Waals surface area contributed by atoms with Crippen LogP contribution in [0.5, 0.6) is 0 Å². The van der Waals surface area contributed by atoms with Gasteiger partial charge in [0, 0.05) is 39.0 Å². The van der Waals surface area contributed by atoms with E-state index in [1.807, 2.05) is 24.4 Å². The monoisotopic (exact) mass is 672 g/mol. The van der Waals surface area contributed by atoms with E-state index in [9.17, 15) is 0 Å². The van der Waals surface area contributed by atoms with E-state index in [-0.39, 0.29) is 0 Å². The Kier molecular flexibility index (Phi) is 6.28. The average molecular weight is 673 g/mol. The van der Waals surface area contributed by atoms with Crippen LogP contribution in [-0.2, 0) is 0 Å². The number of rotatable bonds is 3. The number of para-hydroxylation sites is 2. The van der Waals surface area contributed by atoms with Crippen molar-refractivity contribution in [2.75, 3.05) is 0 Å². The van der Waals surface area contributed by atoms with Crippen LogP contribution in [-0.4, -0.2) is 14.5 Å². The number of hydrogen-bond acceptors (Lipinski definition) is 2. The Morgan fingerprint density at radius 3 is 1.79 bits per heavy atom. The van der Waals surface area contributed by atoms with Crippen molar-refractivity contribution < 1.29 is 0 Å². The molecule has 8 aromatic carbocycles. The second kappa shape index (κ2) is 11.3. The molecule has 0 unspecified atom stereocenters. The summed E-state index contributed by atoms with van der Waals surface area (Å²) in [5.74, 6) is 0. The zero-order chi connectivity index (χ0) is 35.0. The number of pyridine rings is 2. The van der Waals surface area contributed by atoms with Crippen LogP contribution in [0.2, 0.25) is 0 Å². The maximum absolute atomic E-state index is 7.79. The first kappa shape index (κ1) is 29.4. The Morgan fingerprint density at radius 1 is 0.491 bits per heavy atom. The summed E-state index contributed by atoms with van der Waals surface area (Å²) in [6.07, 6.45) is 1.98. The van der Waals surface area contributed by atoms with Crippen LogP contribution in [0.4, 0.5) is 5.69 Å². The summed E-state index contributed by atoms with van der Waals surface area (Å²) < 4.78 is 2.30. The first-order valence-corrected chi connectivity index (χ1v) is 17.8. The molecule has 0 N–H and O–H groups in total. The molecule has 53 heavy (non-hydrogen) atoms. The van der Waals surface area contributed by atoms with E-state index < -0.39 is 0 Å². The molecule has 3 heterocycles. The third-order valence-corrected chi connectivity index (χ3v) is 10.8. The van der Waals surface area contributed by atoms with Gasteiger partial charge in [-0.2, -0.15) is 0 Å². The number of aromatic nitrogens is 3. The first-order chi connectivity index (χ1) is 26.3. The summed E-state index contributed by atoms with van der Waals surface area (Å²) in [7, 11) is 0. The minimum atomic E-state index is 0.631. The van der Waals surface area contributed by atoms with Gasteiger partial charge in [0.05, 0.1) is 34.3 Å². The zero-order valence-electron chi connectivity index (χ0n) is 28.5. The molecule has 0 saturated carbocycles. The van der Waals surface area contributed by atoms with Crippen LogP contribution >= 0.6 is 0 Å². The third-order valence-electron chi connectivity index (χ3n) is 10.8. The van der Waals surface area contributed by atoms with Gasteiger partial charge in [0.1, 0.15) is 0 Å². The van der Waals surface area contributed by atoms with Gasteiger partial charge in [-0.25, -0.2) is 9.83 Å². The SMILES string of the molecule is [C-]#[N+]c1ccc2c(c1)c1cc(-c3c4ccccc4c(-c4nc5ccccc5c5c4ncc4ccccc45)c4ccccc34)ccc1n2-c1ccccc1. The molecule has 0 saturated heterocycles. The predicted molar refractivity (Wildman–Crippen MR) is 221 cm³/mol. The Balaban J connectivity index is 1.25. The van der Waals surface area contributed by atoms with Gasteiger partial charge in [0.25, 0.3) is 0 Å². The van der Waals surface area contributed by atoms with Crippen molar-refractivity contribution >= 4 is 81.6 Å². The van der Waals surface area contributed by atoms with Crippen molar-refractivity contribution in [2.45, 2.75) is 0 Å². The average Bonchev–Trinajstić information content (AvgIpc) is 3.55. The second-order valence-corrected chi connectivity index (χ2v) is 13.6. The molecule has 11 rings (SSSR count). The Hall–Kier alpha value is -7.35. The molecule has 0 amide bonds. The standard InChI is InChI=1S/C49H28N4/c1-50-32-24-26-44-41(28-32)40-27-30(23-25-43(40)53(44)33-14-3-2-4-15-33)45-35-17-7-9-19-37(35)47(38-20-10-8-18-36(38)45)49-48-46(39-21-11-12-22-42(39)52-49)34-16-6-5-13-31(34)29-51-48/h2-29H. The lowest BCUT2D eigenvalue weighted by molar-refractivity contribution is 1.18. The normalized spacial score (nSPS) is 11.8. The number of nitrogens with zero attached hydrogens (tertiary/aromatic N) is 4. The van der Waals surface area contributed by atoms with Crippen LogP contribution in [0, 0.1) is 6.57 Å². The van der Waals surface area contributed by atoms with Gasteiger partial charge < -0.3 is 4.57 Å². The molecule has 0 bridgehead atoms. The molecule has 0 aliphatic carbocycles. The smallest absolute Gasteiger partial charge is 0.188 e. The summed E-state index contributed by atoms with van der Waals surface area (Å²) in [6.45, 7) is 7.79. The van der Waals surface area contributed by atoms with E-state index in [1.54, 1.807) is 0 Å². The highest BCUT2D eigenvalue weighted by Gasteiger charge is 2.22. The van der Waals surface area contributed by atoms with E-state index in [0.29, 0.717) is 5.69 Å². The second-order valence-electron chi connectivity index (χ2n) is 13.6. The highest BCUT2D eigenvalue weighted by atomic mass is 15.0. The summed E-state index contributed by atoms with van der Waals surface area (Å²) in [5.41, 5.74) is 10.0. The Morgan fingerprint density at radius 2 is 1.08 bits per heavy atom. The maximum Gasteiger partial charge on any atom is 0.188 e. The Bertz CT molecular complexity index is 3280. The van der Waals surface area contributed by atoms with Gasteiger partial charge >= 0.3 is 0 Å². The molecule has 244 valence electrons. The molecule has 4 heteroatoms. The van der Waals surface area contributed by atoms with Crippen molar-refractivity contribution in [3.05, 3.63) is 181 Å². The molecule has 0 aliphatic heterocycles. The van der Waals surface area contributed by atoms with Crippen LogP contribution in [0.1, 0.15) is 0 Å². The van der Waals surface area contributed by atoms with E-state index in [1.165, 1.54) is 10.9 Å². The van der Waals surface area contributed by atoms with Crippen molar-refractivity contribution in [3.63, 3.8) is 0 Å². The quantitative estimate of drug-likeness (QED) is 0.106. The zero-order valence-corrected chi connectivity index (χ0v) is 28.5. The lowest BCUT2D eigenvalue weighted by Crippen LogP contribution is -1.96. The van der Waals surface area contributed by atoms with Gasteiger partial charge in [-0.3, -0.25) is 4.98 Å². The molecule has 0 spiro atoms. The van der Waals surface area contributed by atoms with Crippen LogP contribution in [0.15, 0.2) is 170 Å². The molecule has 0 radical (unpaired) electrons. The number of fused-ring (bicyclic) bond motifs is 10. The summed E-state index contributed by atoms with van der Waals surface area (Å²) in [6, 6.07) is 57.6. The highest BCUT2D eigenvalue weighted by Crippen LogP contribution is 2.47. The molecular weight excluding hydrogens is 645 g/mol. The summed E-state index contributed by atoms with van der Waals surface area (Å²) in [4.78, 5) is 14.4. The fourth-order valence-corrected chi connectivity index (χ4v) is 8.53. The highest BCUT2D eigenvalue weighted by molar-refractivity contribution is 6.27. The van der Waals surface area contributed by atoms with Crippen molar-refractivity contribution in [3.8, 4) is 28.1 Å². The third kappa shape index (κ3) is 4.29. The fraction of sp³-hybridized carbons (Fsp3) is 0. The van der Waals surface area contributed by atoms with Crippen LogP contribution in [0.3, 0.4) is 0 Å².